The highest BCUT2D eigenvalue weighted by Gasteiger charge is 2.10. The fraction of sp³-hybridized carbons (Fsp3) is 0.200. The largest absolute Gasteiger partial charge is 0.396 e. The molecule has 0 heterocycles. The van der Waals surface area contributed by atoms with E-state index >= 15 is 0 Å². The number of anilines is 1. The fourth-order valence-corrected chi connectivity index (χ4v) is 2.51. The first-order chi connectivity index (χ1) is 8.99. The van der Waals surface area contributed by atoms with Gasteiger partial charge in [-0.2, -0.15) is 0 Å². The van der Waals surface area contributed by atoms with Gasteiger partial charge >= 0.3 is 0 Å². The van der Waals surface area contributed by atoms with Crippen molar-refractivity contribution in [1.29, 1.82) is 0 Å². The van der Waals surface area contributed by atoms with Crippen LogP contribution < -0.4 is 5.73 Å². The Morgan fingerprint density at radius 3 is 2.15 bits per heavy atom. The van der Waals surface area contributed by atoms with Crippen LogP contribution in [0.1, 0.15) is 5.56 Å². The molecule has 0 atom stereocenters. The number of benzene rings is 2. The highest BCUT2D eigenvalue weighted by Crippen LogP contribution is 2.34. The van der Waals surface area contributed by atoms with E-state index in [1.54, 1.807) is 0 Å². The molecular weight excluding hydrogens is 315 g/mol. The molecule has 2 aromatic carbocycles. The van der Waals surface area contributed by atoms with Crippen molar-refractivity contribution in [2.24, 2.45) is 0 Å². The second kappa shape index (κ2) is 7.19. The van der Waals surface area contributed by atoms with E-state index in [9.17, 15) is 0 Å². The monoisotopic (exact) mass is 330 g/mol. The summed E-state index contributed by atoms with van der Waals surface area (Å²) in [4.78, 5) is 2.12. The molecule has 0 aliphatic heterocycles. The van der Waals surface area contributed by atoms with Crippen molar-refractivity contribution in [3.05, 3.63) is 52.0 Å². The summed E-state index contributed by atoms with van der Waals surface area (Å²) in [5, 5.41) is 0.976. The van der Waals surface area contributed by atoms with E-state index in [1.807, 2.05) is 38.4 Å². The van der Waals surface area contributed by atoms with Gasteiger partial charge in [0.05, 0.1) is 15.7 Å². The minimum atomic E-state index is 0. The summed E-state index contributed by atoms with van der Waals surface area (Å²) >= 11 is 12.2. The molecule has 20 heavy (non-hydrogen) atoms. The predicted molar refractivity (Wildman–Crippen MR) is 90.9 cm³/mol. The molecule has 0 bridgehead atoms. The van der Waals surface area contributed by atoms with Crippen LogP contribution in [-0.4, -0.2) is 19.0 Å². The Labute approximate surface area is 135 Å². The van der Waals surface area contributed by atoms with E-state index in [2.05, 4.69) is 17.0 Å². The minimum Gasteiger partial charge on any atom is -0.396 e. The van der Waals surface area contributed by atoms with Crippen molar-refractivity contribution in [1.82, 2.24) is 4.90 Å². The molecule has 0 aromatic heterocycles. The molecule has 2 N–H and O–H groups in total. The SMILES string of the molecule is CN(C)Cc1ccccc1-c1cc(Cl)c(N)c(Cl)c1.Cl. The molecule has 0 aliphatic carbocycles. The highest BCUT2D eigenvalue weighted by atomic mass is 35.5. The van der Waals surface area contributed by atoms with E-state index in [0.29, 0.717) is 15.7 Å². The van der Waals surface area contributed by atoms with Crippen molar-refractivity contribution in [2.75, 3.05) is 19.8 Å². The molecule has 0 spiro atoms. The third kappa shape index (κ3) is 3.80. The molecule has 0 radical (unpaired) electrons. The zero-order valence-electron chi connectivity index (χ0n) is 11.4. The predicted octanol–water partition coefficient (Wildman–Crippen LogP) is 4.73. The average Bonchev–Trinajstić information content (AvgIpc) is 2.35. The Balaban J connectivity index is 0.00000200. The summed E-state index contributed by atoms with van der Waals surface area (Å²) < 4.78 is 0. The zero-order chi connectivity index (χ0) is 14.0. The number of nitrogens with two attached hydrogens (primary N) is 1. The lowest BCUT2D eigenvalue weighted by Gasteiger charge is -2.15. The average molecular weight is 332 g/mol. The lowest BCUT2D eigenvalue weighted by Crippen LogP contribution is -2.11. The molecule has 5 heteroatoms. The minimum absolute atomic E-state index is 0. The van der Waals surface area contributed by atoms with Gasteiger partial charge < -0.3 is 10.6 Å². The fourth-order valence-electron chi connectivity index (χ4n) is 2.02. The van der Waals surface area contributed by atoms with Crippen molar-refractivity contribution < 1.29 is 0 Å². The molecule has 0 unspecified atom stereocenters. The molecular formula is C15H17Cl3N2. The Kier molecular flexibility index (Phi) is 6.15. The maximum absolute atomic E-state index is 6.11. The summed E-state index contributed by atoms with van der Waals surface area (Å²) in [5.74, 6) is 0. The van der Waals surface area contributed by atoms with Crippen LogP contribution in [-0.2, 0) is 6.54 Å². The maximum atomic E-state index is 6.11. The summed E-state index contributed by atoms with van der Waals surface area (Å²) in [5.41, 5.74) is 9.54. The molecule has 2 aromatic rings. The van der Waals surface area contributed by atoms with Crippen LogP contribution in [0.5, 0.6) is 0 Å². The van der Waals surface area contributed by atoms with E-state index in [-0.39, 0.29) is 12.4 Å². The van der Waals surface area contributed by atoms with Crippen LogP contribution in [0.25, 0.3) is 11.1 Å². The van der Waals surface area contributed by atoms with Gasteiger partial charge in [0.15, 0.2) is 0 Å². The molecule has 0 saturated heterocycles. The third-order valence-corrected chi connectivity index (χ3v) is 3.52. The van der Waals surface area contributed by atoms with Gasteiger partial charge in [-0.15, -0.1) is 12.4 Å². The van der Waals surface area contributed by atoms with Crippen molar-refractivity contribution in [3.63, 3.8) is 0 Å². The van der Waals surface area contributed by atoms with Crippen LogP contribution >= 0.6 is 35.6 Å². The maximum Gasteiger partial charge on any atom is 0.0693 e. The van der Waals surface area contributed by atoms with Gasteiger partial charge in [-0.25, -0.2) is 0 Å². The number of nitrogen functional groups attached to an aromatic ring is 1. The van der Waals surface area contributed by atoms with Gasteiger partial charge in [0, 0.05) is 6.54 Å². The highest BCUT2D eigenvalue weighted by molar-refractivity contribution is 6.39. The Morgan fingerprint density at radius 2 is 1.60 bits per heavy atom. The van der Waals surface area contributed by atoms with E-state index in [4.69, 9.17) is 28.9 Å². The van der Waals surface area contributed by atoms with Crippen LogP contribution in [0.3, 0.4) is 0 Å². The van der Waals surface area contributed by atoms with Crippen LogP contribution in [0.15, 0.2) is 36.4 Å². The molecule has 2 nitrogen and oxygen atoms in total. The Hall–Kier alpha value is -0.930. The number of rotatable bonds is 3. The summed E-state index contributed by atoms with van der Waals surface area (Å²) in [7, 11) is 4.08. The van der Waals surface area contributed by atoms with Crippen molar-refractivity contribution in [2.45, 2.75) is 6.54 Å². The van der Waals surface area contributed by atoms with Gasteiger partial charge in [0.25, 0.3) is 0 Å². The van der Waals surface area contributed by atoms with Crippen LogP contribution in [0, 0.1) is 0 Å². The lowest BCUT2D eigenvalue weighted by molar-refractivity contribution is 0.403. The quantitative estimate of drug-likeness (QED) is 0.824. The van der Waals surface area contributed by atoms with E-state index in [0.717, 1.165) is 17.7 Å². The van der Waals surface area contributed by atoms with Crippen molar-refractivity contribution in [3.8, 4) is 11.1 Å². The van der Waals surface area contributed by atoms with Gasteiger partial charge in [-0.3, -0.25) is 0 Å². The molecule has 2 rings (SSSR count). The smallest absolute Gasteiger partial charge is 0.0693 e. The standard InChI is InChI=1S/C15H16Cl2N2.ClH/c1-19(2)9-10-5-3-4-6-12(10)11-7-13(16)15(18)14(17)8-11;/h3-8H,9,18H2,1-2H3;1H. The topological polar surface area (TPSA) is 29.3 Å². The van der Waals surface area contributed by atoms with E-state index < -0.39 is 0 Å². The first kappa shape index (κ1) is 17.1. The van der Waals surface area contributed by atoms with Crippen LogP contribution in [0.2, 0.25) is 10.0 Å². The first-order valence-corrected chi connectivity index (χ1v) is 6.72. The number of nitrogens with zero attached hydrogens (tertiary/aromatic N) is 1. The van der Waals surface area contributed by atoms with Gasteiger partial charge in [0.2, 0.25) is 0 Å². The van der Waals surface area contributed by atoms with Crippen molar-refractivity contribution >= 4 is 41.3 Å². The number of hydrogen-bond donors (Lipinski definition) is 1. The normalized spacial score (nSPS) is 10.4. The van der Waals surface area contributed by atoms with Gasteiger partial charge in [-0.05, 0) is 42.9 Å². The number of hydrogen-bond acceptors (Lipinski definition) is 2. The molecule has 0 saturated carbocycles. The summed E-state index contributed by atoms with van der Waals surface area (Å²) in [6.07, 6.45) is 0. The number of halogens is 3. The third-order valence-electron chi connectivity index (χ3n) is 2.89. The molecule has 0 fully saturated rings. The first-order valence-electron chi connectivity index (χ1n) is 5.96. The Morgan fingerprint density at radius 1 is 1.05 bits per heavy atom. The van der Waals surface area contributed by atoms with E-state index in [1.165, 1.54) is 5.56 Å². The van der Waals surface area contributed by atoms with Crippen LogP contribution in [0.4, 0.5) is 5.69 Å². The second-order valence-electron chi connectivity index (χ2n) is 4.75. The molecule has 0 amide bonds. The summed E-state index contributed by atoms with van der Waals surface area (Å²) in [6.45, 7) is 0.857. The van der Waals surface area contributed by atoms with Gasteiger partial charge in [0.1, 0.15) is 0 Å². The lowest BCUT2D eigenvalue weighted by atomic mass is 9.99. The summed E-state index contributed by atoms with van der Waals surface area (Å²) in [6, 6.07) is 11.9. The molecule has 0 aliphatic rings. The molecule has 108 valence electrons. The zero-order valence-corrected chi connectivity index (χ0v) is 13.7. The Bertz CT molecular complexity index is 574. The van der Waals surface area contributed by atoms with Gasteiger partial charge in [-0.1, -0.05) is 47.5 Å². The second-order valence-corrected chi connectivity index (χ2v) is 5.56.